The first-order valence-electron chi connectivity index (χ1n) is 11.6. The van der Waals surface area contributed by atoms with Crippen molar-refractivity contribution >= 4 is 18.0 Å². The van der Waals surface area contributed by atoms with Crippen molar-refractivity contribution in [2.75, 3.05) is 13.2 Å². The Morgan fingerprint density at radius 1 is 1.00 bits per heavy atom. The Bertz CT molecular complexity index is 1080. The number of hydrogen-bond donors (Lipinski definition) is 3. The molecule has 7 nitrogen and oxygen atoms in total. The molecular weight excluding hydrogens is 432 g/mol. The van der Waals surface area contributed by atoms with E-state index in [0.29, 0.717) is 0 Å². The summed E-state index contributed by atoms with van der Waals surface area (Å²) in [6, 6.07) is 15.8. The maximum atomic E-state index is 12.2. The molecule has 1 atom stereocenters. The highest BCUT2D eigenvalue weighted by Crippen LogP contribution is 2.44. The molecule has 2 aliphatic rings. The minimum atomic E-state index is -0.943. The molecule has 1 unspecified atom stereocenters. The number of amides is 2. The lowest BCUT2D eigenvalue weighted by Crippen LogP contribution is -2.40. The highest BCUT2D eigenvalue weighted by atomic mass is 16.5. The molecular formula is C27H28N2O5. The van der Waals surface area contributed by atoms with Gasteiger partial charge in [-0.15, -0.1) is 0 Å². The number of rotatable bonds is 7. The number of aliphatic carboxylic acids is 1. The van der Waals surface area contributed by atoms with Crippen LogP contribution in [0.15, 0.2) is 48.5 Å². The van der Waals surface area contributed by atoms with Gasteiger partial charge in [0, 0.05) is 12.0 Å². The molecule has 4 rings (SSSR count). The third-order valence-corrected chi connectivity index (χ3v) is 6.55. The maximum absolute atomic E-state index is 12.2. The summed E-state index contributed by atoms with van der Waals surface area (Å²) in [4.78, 5) is 35.5. The number of nitrogens with one attached hydrogen (secondary N) is 2. The normalized spacial score (nSPS) is 15.4. The van der Waals surface area contributed by atoms with E-state index in [9.17, 15) is 14.4 Å². The molecule has 0 aliphatic heterocycles. The smallest absolute Gasteiger partial charge is 0.407 e. The lowest BCUT2D eigenvalue weighted by atomic mass is 9.95. The van der Waals surface area contributed by atoms with Crippen LogP contribution >= 0.6 is 0 Å². The fourth-order valence-corrected chi connectivity index (χ4v) is 4.98. The van der Waals surface area contributed by atoms with Crippen LogP contribution in [-0.4, -0.2) is 42.3 Å². The van der Waals surface area contributed by atoms with Crippen molar-refractivity contribution in [3.8, 4) is 23.0 Å². The fourth-order valence-electron chi connectivity index (χ4n) is 4.98. The van der Waals surface area contributed by atoms with E-state index >= 15 is 0 Å². The largest absolute Gasteiger partial charge is 0.481 e. The van der Waals surface area contributed by atoms with Gasteiger partial charge in [-0.25, -0.2) is 4.79 Å². The van der Waals surface area contributed by atoms with Gasteiger partial charge >= 0.3 is 12.1 Å². The van der Waals surface area contributed by atoms with Crippen molar-refractivity contribution in [1.29, 1.82) is 0 Å². The third-order valence-electron chi connectivity index (χ3n) is 6.55. The number of hydrogen-bond acceptors (Lipinski definition) is 4. The van der Waals surface area contributed by atoms with Crippen LogP contribution in [0.2, 0.25) is 0 Å². The van der Waals surface area contributed by atoms with Crippen molar-refractivity contribution < 1.29 is 24.2 Å². The number of carbonyl (C=O) groups excluding carboxylic acids is 2. The van der Waals surface area contributed by atoms with Gasteiger partial charge < -0.3 is 20.5 Å². The summed E-state index contributed by atoms with van der Waals surface area (Å²) < 4.78 is 5.44. The van der Waals surface area contributed by atoms with E-state index in [-0.39, 0.29) is 31.4 Å². The van der Waals surface area contributed by atoms with Gasteiger partial charge in [-0.1, -0.05) is 67.3 Å². The SMILES string of the molecule is O=C(O)CC(NC(=O)C#CCNC(=O)OCC1c2ccccc2-c2ccccc21)C1CCCC1. The number of alkyl carbamates (subject to hydrolysis) is 1. The van der Waals surface area contributed by atoms with Gasteiger partial charge in [0.05, 0.1) is 13.0 Å². The molecule has 2 amide bonds. The van der Waals surface area contributed by atoms with Gasteiger partial charge in [-0.05, 0) is 46.9 Å². The van der Waals surface area contributed by atoms with Gasteiger partial charge in [-0.2, -0.15) is 0 Å². The van der Waals surface area contributed by atoms with E-state index in [1.807, 2.05) is 24.3 Å². The number of benzene rings is 2. The van der Waals surface area contributed by atoms with Crippen molar-refractivity contribution in [3.63, 3.8) is 0 Å². The van der Waals surface area contributed by atoms with Crippen LogP contribution < -0.4 is 10.6 Å². The second kappa shape index (κ2) is 10.9. The lowest BCUT2D eigenvalue weighted by Gasteiger charge is -2.21. The second-order valence-corrected chi connectivity index (χ2v) is 8.70. The van der Waals surface area contributed by atoms with Crippen LogP contribution in [-0.2, 0) is 14.3 Å². The maximum Gasteiger partial charge on any atom is 0.407 e. The zero-order chi connectivity index (χ0) is 23.9. The first-order valence-corrected chi connectivity index (χ1v) is 11.6. The van der Waals surface area contributed by atoms with Crippen molar-refractivity contribution in [2.45, 2.75) is 44.1 Å². The monoisotopic (exact) mass is 460 g/mol. The Labute approximate surface area is 198 Å². The van der Waals surface area contributed by atoms with Crippen molar-refractivity contribution in [1.82, 2.24) is 10.6 Å². The molecule has 1 fully saturated rings. The topological polar surface area (TPSA) is 105 Å². The molecule has 1 saturated carbocycles. The van der Waals surface area contributed by atoms with Crippen LogP contribution in [0.25, 0.3) is 11.1 Å². The molecule has 0 saturated heterocycles. The zero-order valence-corrected chi connectivity index (χ0v) is 18.9. The zero-order valence-electron chi connectivity index (χ0n) is 18.9. The molecule has 0 radical (unpaired) electrons. The average molecular weight is 461 g/mol. The van der Waals surface area contributed by atoms with Gasteiger partial charge in [0.25, 0.3) is 5.91 Å². The number of carboxylic acid groups (broad SMARTS) is 1. The van der Waals surface area contributed by atoms with Crippen molar-refractivity contribution in [3.05, 3.63) is 59.7 Å². The van der Waals surface area contributed by atoms with E-state index in [0.717, 1.165) is 47.9 Å². The molecule has 7 heteroatoms. The molecule has 0 aromatic heterocycles. The Morgan fingerprint density at radius 2 is 1.62 bits per heavy atom. The molecule has 2 aliphatic carbocycles. The summed E-state index contributed by atoms with van der Waals surface area (Å²) in [5, 5.41) is 14.4. The molecule has 0 heterocycles. The molecule has 0 bridgehead atoms. The summed E-state index contributed by atoms with van der Waals surface area (Å²) in [6.45, 7) is 0.156. The summed E-state index contributed by atoms with van der Waals surface area (Å²) in [5.74, 6) is 3.69. The van der Waals surface area contributed by atoms with E-state index in [4.69, 9.17) is 9.84 Å². The van der Waals surface area contributed by atoms with Crippen LogP contribution in [0.5, 0.6) is 0 Å². The minimum absolute atomic E-state index is 0.0308. The number of ether oxygens (including phenoxy) is 1. The molecule has 0 spiro atoms. The summed E-state index contributed by atoms with van der Waals surface area (Å²) in [6.07, 6.45) is 3.20. The highest BCUT2D eigenvalue weighted by Gasteiger charge is 2.29. The second-order valence-electron chi connectivity index (χ2n) is 8.70. The predicted octanol–water partition coefficient (Wildman–Crippen LogP) is 3.68. The fraction of sp³-hybridized carbons (Fsp3) is 0.370. The molecule has 2 aromatic carbocycles. The summed E-state index contributed by atoms with van der Waals surface area (Å²) in [7, 11) is 0. The van der Waals surface area contributed by atoms with Crippen LogP contribution in [0.3, 0.4) is 0 Å². The van der Waals surface area contributed by atoms with Gasteiger partial charge in [0.1, 0.15) is 6.61 Å². The van der Waals surface area contributed by atoms with E-state index in [1.54, 1.807) is 0 Å². The first kappa shape index (κ1) is 23.4. The molecule has 176 valence electrons. The Hall–Kier alpha value is -3.79. The Kier molecular flexibility index (Phi) is 7.48. The summed E-state index contributed by atoms with van der Waals surface area (Å²) in [5.41, 5.74) is 4.57. The Morgan fingerprint density at radius 3 is 2.24 bits per heavy atom. The Balaban J connectivity index is 1.25. The lowest BCUT2D eigenvalue weighted by molar-refractivity contribution is -0.138. The first-order chi connectivity index (χ1) is 16.5. The van der Waals surface area contributed by atoms with E-state index < -0.39 is 24.0 Å². The van der Waals surface area contributed by atoms with E-state index in [2.05, 4.69) is 46.7 Å². The predicted molar refractivity (Wildman–Crippen MR) is 127 cm³/mol. The van der Waals surface area contributed by atoms with Crippen LogP contribution in [0.4, 0.5) is 4.79 Å². The average Bonchev–Trinajstić information content (AvgIpc) is 3.47. The standard InChI is InChI=1S/C27H28N2O5/c30-25(29-24(16-26(31)32)18-8-1-2-9-18)14-7-15-28-27(33)34-17-23-21-12-5-3-10-19(21)20-11-4-6-13-22(20)23/h3-6,10-13,18,23-24H,1-2,8-9,15-17H2,(H,28,33)(H,29,30)(H,31,32). The number of fused-ring (bicyclic) bond motifs is 3. The minimum Gasteiger partial charge on any atom is -0.481 e. The van der Waals surface area contributed by atoms with Gasteiger partial charge in [0.2, 0.25) is 0 Å². The number of carbonyl (C=O) groups is 3. The molecule has 3 N–H and O–H groups in total. The van der Waals surface area contributed by atoms with Gasteiger partial charge in [0.15, 0.2) is 0 Å². The summed E-state index contributed by atoms with van der Waals surface area (Å²) >= 11 is 0. The highest BCUT2D eigenvalue weighted by molar-refractivity contribution is 5.94. The third kappa shape index (κ3) is 5.57. The molecule has 34 heavy (non-hydrogen) atoms. The van der Waals surface area contributed by atoms with Crippen LogP contribution in [0.1, 0.15) is 49.1 Å². The number of carboxylic acids is 1. The molecule has 2 aromatic rings. The van der Waals surface area contributed by atoms with Crippen molar-refractivity contribution in [2.24, 2.45) is 5.92 Å². The quantitative estimate of drug-likeness (QED) is 0.547. The van der Waals surface area contributed by atoms with Crippen LogP contribution in [0, 0.1) is 17.8 Å². The van der Waals surface area contributed by atoms with E-state index in [1.165, 1.54) is 0 Å². The van der Waals surface area contributed by atoms with Gasteiger partial charge in [-0.3, -0.25) is 9.59 Å².